The van der Waals surface area contributed by atoms with E-state index in [1.54, 1.807) is 0 Å². The zero-order chi connectivity index (χ0) is 14.9. The van der Waals surface area contributed by atoms with Gasteiger partial charge in [0.1, 0.15) is 5.52 Å². The Labute approximate surface area is 127 Å². The summed E-state index contributed by atoms with van der Waals surface area (Å²) in [6, 6.07) is 21.7. The normalized spacial score (nSPS) is 11.1. The smallest absolute Gasteiger partial charge is 0.253 e. The summed E-state index contributed by atoms with van der Waals surface area (Å²) in [6.45, 7) is 0. The molecule has 0 saturated carbocycles. The predicted octanol–water partition coefficient (Wildman–Crippen LogP) is 3.47. The van der Waals surface area contributed by atoms with Gasteiger partial charge in [0.15, 0.2) is 0 Å². The fourth-order valence-corrected chi connectivity index (χ4v) is 2.65. The van der Waals surface area contributed by atoms with Crippen molar-refractivity contribution >= 4 is 27.7 Å². The van der Waals surface area contributed by atoms with Gasteiger partial charge in [-0.2, -0.15) is 4.68 Å². The molecule has 4 aromatic rings. The van der Waals surface area contributed by atoms with Gasteiger partial charge >= 0.3 is 0 Å². The van der Waals surface area contributed by atoms with Crippen LogP contribution in [-0.4, -0.2) is 20.9 Å². The van der Waals surface area contributed by atoms with Gasteiger partial charge in [-0.3, -0.25) is 4.79 Å². The third-order valence-electron chi connectivity index (χ3n) is 3.76. The van der Waals surface area contributed by atoms with Gasteiger partial charge in [-0.15, -0.1) is 5.10 Å². The van der Waals surface area contributed by atoms with Crippen LogP contribution in [0.25, 0.3) is 21.8 Å². The van der Waals surface area contributed by atoms with E-state index in [1.807, 2.05) is 60.7 Å². The van der Waals surface area contributed by atoms with Crippen LogP contribution in [0.1, 0.15) is 10.4 Å². The molecule has 0 N–H and O–H groups in total. The van der Waals surface area contributed by atoms with Crippen LogP contribution in [0.15, 0.2) is 66.7 Å². The highest BCUT2D eigenvalue weighted by molar-refractivity contribution is 5.91. The van der Waals surface area contributed by atoms with Crippen molar-refractivity contribution in [3.63, 3.8) is 0 Å². The molecule has 4 rings (SSSR count). The van der Waals surface area contributed by atoms with Gasteiger partial charge in [0, 0.05) is 0 Å². The van der Waals surface area contributed by atoms with Gasteiger partial charge in [0.25, 0.3) is 5.91 Å². The third-order valence-corrected chi connectivity index (χ3v) is 3.76. The number of nitrogens with zero attached hydrogens (tertiary/aromatic N) is 3. The molecule has 0 bridgehead atoms. The maximum atomic E-state index is 12.5. The molecule has 0 fully saturated rings. The number of aromatic nitrogens is 3. The quantitative estimate of drug-likeness (QED) is 0.567. The van der Waals surface area contributed by atoms with Crippen LogP contribution in [0.2, 0.25) is 0 Å². The van der Waals surface area contributed by atoms with E-state index in [0.29, 0.717) is 6.42 Å². The average molecular weight is 287 g/mol. The largest absolute Gasteiger partial charge is 0.272 e. The number of benzene rings is 3. The Hall–Kier alpha value is -3.01. The number of hydrogen-bond acceptors (Lipinski definition) is 3. The van der Waals surface area contributed by atoms with Crippen molar-refractivity contribution in [2.45, 2.75) is 6.42 Å². The summed E-state index contributed by atoms with van der Waals surface area (Å²) in [6.07, 6.45) is 0.304. The lowest BCUT2D eigenvalue weighted by Gasteiger charge is -2.04. The molecule has 4 heteroatoms. The van der Waals surface area contributed by atoms with E-state index in [9.17, 15) is 4.79 Å². The highest BCUT2D eigenvalue weighted by Gasteiger charge is 2.12. The van der Waals surface area contributed by atoms with E-state index in [1.165, 1.54) is 10.1 Å². The highest BCUT2D eigenvalue weighted by Crippen LogP contribution is 2.17. The van der Waals surface area contributed by atoms with Crippen LogP contribution in [0.3, 0.4) is 0 Å². The Bertz CT molecular complexity index is 988. The number of carbonyl (C=O) groups excluding carboxylic acids is 1. The molecule has 0 amide bonds. The van der Waals surface area contributed by atoms with E-state index in [-0.39, 0.29) is 5.91 Å². The second-order valence-corrected chi connectivity index (χ2v) is 5.24. The molecule has 3 aromatic carbocycles. The fourth-order valence-electron chi connectivity index (χ4n) is 2.65. The molecule has 0 atom stereocenters. The van der Waals surface area contributed by atoms with Gasteiger partial charge in [0.05, 0.1) is 11.9 Å². The number of hydrogen-bond donors (Lipinski definition) is 0. The standard InChI is InChI=1S/C18H13N3O/c22-18(21-17-8-4-3-7-16(17)19-20-21)12-13-9-10-14-5-1-2-6-15(14)11-13/h1-11H,12H2. The highest BCUT2D eigenvalue weighted by atomic mass is 16.2. The van der Waals surface area contributed by atoms with E-state index < -0.39 is 0 Å². The molecule has 1 heterocycles. The van der Waals surface area contributed by atoms with Gasteiger partial charge in [-0.25, -0.2) is 0 Å². The van der Waals surface area contributed by atoms with Crippen molar-refractivity contribution in [3.05, 3.63) is 72.3 Å². The van der Waals surface area contributed by atoms with Gasteiger partial charge in [-0.1, -0.05) is 59.8 Å². The monoisotopic (exact) mass is 287 g/mol. The van der Waals surface area contributed by atoms with Crippen molar-refractivity contribution in [3.8, 4) is 0 Å². The molecule has 0 spiro atoms. The fraction of sp³-hybridized carbons (Fsp3) is 0.0556. The van der Waals surface area contributed by atoms with Crippen molar-refractivity contribution in [1.82, 2.24) is 15.0 Å². The summed E-state index contributed by atoms with van der Waals surface area (Å²) in [5.41, 5.74) is 2.45. The zero-order valence-corrected chi connectivity index (χ0v) is 11.8. The summed E-state index contributed by atoms with van der Waals surface area (Å²) in [5, 5.41) is 10.3. The Morgan fingerprint density at radius 3 is 2.59 bits per heavy atom. The first kappa shape index (κ1) is 12.7. The van der Waals surface area contributed by atoms with E-state index in [2.05, 4.69) is 16.4 Å². The summed E-state index contributed by atoms with van der Waals surface area (Å²) in [7, 11) is 0. The van der Waals surface area contributed by atoms with Crippen molar-refractivity contribution in [2.24, 2.45) is 0 Å². The summed E-state index contributed by atoms with van der Waals surface area (Å²) >= 11 is 0. The van der Waals surface area contributed by atoms with E-state index in [4.69, 9.17) is 0 Å². The lowest BCUT2D eigenvalue weighted by atomic mass is 10.0. The Morgan fingerprint density at radius 2 is 1.68 bits per heavy atom. The van der Waals surface area contributed by atoms with Crippen molar-refractivity contribution < 1.29 is 4.79 Å². The molecule has 4 nitrogen and oxygen atoms in total. The minimum atomic E-state index is -0.0796. The van der Waals surface area contributed by atoms with Gasteiger partial charge < -0.3 is 0 Å². The molecule has 106 valence electrons. The first-order valence-corrected chi connectivity index (χ1v) is 7.12. The van der Waals surface area contributed by atoms with Gasteiger partial charge in [-0.05, 0) is 28.5 Å². The molecular formula is C18H13N3O. The Kier molecular flexibility index (Phi) is 2.93. The summed E-state index contributed by atoms with van der Waals surface area (Å²) in [5.74, 6) is -0.0796. The minimum absolute atomic E-state index is 0.0796. The third kappa shape index (κ3) is 2.15. The number of rotatable bonds is 2. The number of para-hydroxylation sites is 1. The molecule has 0 unspecified atom stereocenters. The van der Waals surface area contributed by atoms with Crippen molar-refractivity contribution in [1.29, 1.82) is 0 Å². The van der Waals surface area contributed by atoms with E-state index >= 15 is 0 Å². The summed E-state index contributed by atoms with van der Waals surface area (Å²) < 4.78 is 1.38. The maximum absolute atomic E-state index is 12.5. The SMILES string of the molecule is O=C(Cc1ccc2ccccc2c1)n1nnc2ccccc21. The molecule has 1 aromatic heterocycles. The zero-order valence-electron chi connectivity index (χ0n) is 11.8. The number of fused-ring (bicyclic) bond motifs is 2. The van der Waals surface area contributed by atoms with Crippen LogP contribution in [0.5, 0.6) is 0 Å². The Morgan fingerprint density at radius 1 is 0.909 bits per heavy atom. The molecule has 0 aliphatic carbocycles. The minimum Gasteiger partial charge on any atom is -0.272 e. The van der Waals surface area contributed by atoms with Crippen LogP contribution >= 0.6 is 0 Å². The molecule has 0 radical (unpaired) electrons. The molecule has 0 aliphatic rings. The second kappa shape index (κ2) is 5.07. The van der Waals surface area contributed by atoms with Crippen molar-refractivity contribution in [2.75, 3.05) is 0 Å². The van der Waals surface area contributed by atoms with Gasteiger partial charge in [0.2, 0.25) is 0 Å². The summed E-state index contributed by atoms with van der Waals surface area (Å²) in [4.78, 5) is 12.5. The van der Waals surface area contributed by atoms with Crippen LogP contribution in [0.4, 0.5) is 0 Å². The maximum Gasteiger partial charge on any atom is 0.253 e. The first-order valence-electron chi connectivity index (χ1n) is 7.12. The average Bonchev–Trinajstić information content (AvgIpc) is 2.99. The Balaban J connectivity index is 1.68. The number of carbonyl (C=O) groups is 1. The van der Waals surface area contributed by atoms with Crippen LogP contribution in [0, 0.1) is 0 Å². The van der Waals surface area contributed by atoms with E-state index in [0.717, 1.165) is 22.0 Å². The predicted molar refractivity (Wildman–Crippen MR) is 85.8 cm³/mol. The molecule has 0 saturated heterocycles. The molecule has 0 aliphatic heterocycles. The second-order valence-electron chi connectivity index (χ2n) is 5.24. The lowest BCUT2D eigenvalue weighted by molar-refractivity contribution is 0.0901. The van der Waals surface area contributed by atoms with Crippen LogP contribution < -0.4 is 0 Å². The topological polar surface area (TPSA) is 47.8 Å². The van der Waals surface area contributed by atoms with Crippen LogP contribution in [-0.2, 0) is 6.42 Å². The first-order chi connectivity index (χ1) is 10.8. The molecular weight excluding hydrogens is 274 g/mol. The lowest BCUT2D eigenvalue weighted by Crippen LogP contribution is -2.15. The molecule has 22 heavy (non-hydrogen) atoms.